The van der Waals surface area contributed by atoms with Gasteiger partial charge in [-0.1, -0.05) is 38.3 Å². The lowest BCUT2D eigenvalue weighted by molar-refractivity contribution is 0.273. The van der Waals surface area contributed by atoms with Gasteiger partial charge < -0.3 is 10.2 Å². The van der Waals surface area contributed by atoms with Crippen LogP contribution in [0, 0.1) is 12.8 Å². The Morgan fingerprint density at radius 2 is 2.00 bits per heavy atom. The first-order valence-electron chi connectivity index (χ1n) is 8.22. The molecule has 0 bridgehead atoms. The van der Waals surface area contributed by atoms with Crippen LogP contribution in [0.1, 0.15) is 44.6 Å². The fourth-order valence-corrected chi connectivity index (χ4v) is 3.44. The van der Waals surface area contributed by atoms with E-state index in [4.69, 9.17) is 0 Å². The van der Waals surface area contributed by atoms with Crippen LogP contribution in [-0.2, 0) is 0 Å². The van der Waals surface area contributed by atoms with E-state index in [1.54, 1.807) is 0 Å². The first kappa shape index (κ1) is 15.4. The van der Waals surface area contributed by atoms with E-state index in [0.717, 1.165) is 19.0 Å². The van der Waals surface area contributed by atoms with E-state index in [0.29, 0.717) is 6.04 Å². The second-order valence-electron chi connectivity index (χ2n) is 6.28. The van der Waals surface area contributed by atoms with Crippen molar-refractivity contribution < 1.29 is 0 Å². The molecule has 0 radical (unpaired) electrons. The summed E-state index contributed by atoms with van der Waals surface area (Å²) >= 11 is 0. The van der Waals surface area contributed by atoms with E-state index in [2.05, 4.69) is 55.4 Å². The molecule has 112 valence electrons. The Balaban J connectivity index is 1.99. The minimum Gasteiger partial charge on any atom is -0.373 e. The van der Waals surface area contributed by atoms with Crippen molar-refractivity contribution >= 4 is 5.69 Å². The zero-order valence-electron chi connectivity index (χ0n) is 13.4. The normalized spacial score (nSPS) is 17.9. The Hall–Kier alpha value is -1.02. The lowest BCUT2D eigenvalue weighted by Gasteiger charge is -2.34. The molecule has 2 rings (SSSR count). The standard InChI is InChI=1S/C18H30N2/c1-4-19-18(16-10-6-5-7-11-16)14-20(3)17-12-8-9-15(2)13-17/h8-9,12-13,16,18-19H,4-7,10-11,14H2,1-3H3. The highest BCUT2D eigenvalue weighted by molar-refractivity contribution is 5.47. The smallest absolute Gasteiger partial charge is 0.0366 e. The van der Waals surface area contributed by atoms with Gasteiger partial charge in [0.2, 0.25) is 0 Å². The molecule has 2 nitrogen and oxygen atoms in total. The summed E-state index contributed by atoms with van der Waals surface area (Å²) in [6.07, 6.45) is 7.07. The van der Waals surface area contributed by atoms with Gasteiger partial charge in [-0.15, -0.1) is 0 Å². The van der Waals surface area contributed by atoms with Crippen molar-refractivity contribution in [1.82, 2.24) is 5.32 Å². The van der Waals surface area contributed by atoms with E-state index in [9.17, 15) is 0 Å². The number of aryl methyl sites for hydroxylation is 1. The quantitative estimate of drug-likeness (QED) is 0.844. The predicted molar refractivity (Wildman–Crippen MR) is 88.5 cm³/mol. The molecule has 0 spiro atoms. The first-order valence-corrected chi connectivity index (χ1v) is 8.22. The molecule has 0 heterocycles. The number of anilines is 1. The Morgan fingerprint density at radius 3 is 2.65 bits per heavy atom. The molecule has 20 heavy (non-hydrogen) atoms. The third kappa shape index (κ3) is 4.24. The van der Waals surface area contributed by atoms with Crippen molar-refractivity contribution in [2.45, 2.75) is 52.0 Å². The van der Waals surface area contributed by atoms with Gasteiger partial charge in [0.15, 0.2) is 0 Å². The summed E-state index contributed by atoms with van der Waals surface area (Å²) in [4.78, 5) is 2.41. The molecule has 1 N–H and O–H groups in total. The third-order valence-corrected chi connectivity index (χ3v) is 4.60. The number of hydrogen-bond acceptors (Lipinski definition) is 2. The molecule has 1 fully saturated rings. The lowest BCUT2D eigenvalue weighted by Crippen LogP contribution is -2.45. The SMILES string of the molecule is CCNC(CN(C)c1cccc(C)c1)C1CCCCC1. The fraction of sp³-hybridized carbons (Fsp3) is 0.667. The zero-order chi connectivity index (χ0) is 14.4. The molecule has 0 amide bonds. The summed E-state index contributed by atoms with van der Waals surface area (Å²) in [5.74, 6) is 0.857. The number of nitrogens with one attached hydrogen (secondary N) is 1. The lowest BCUT2D eigenvalue weighted by atomic mass is 9.83. The van der Waals surface area contributed by atoms with Crippen molar-refractivity contribution in [3.8, 4) is 0 Å². The Labute approximate surface area is 124 Å². The highest BCUT2D eigenvalue weighted by Gasteiger charge is 2.24. The van der Waals surface area contributed by atoms with Gasteiger partial charge in [0.05, 0.1) is 0 Å². The van der Waals surface area contributed by atoms with Gasteiger partial charge in [0.25, 0.3) is 0 Å². The Morgan fingerprint density at radius 1 is 1.25 bits per heavy atom. The summed E-state index contributed by atoms with van der Waals surface area (Å²) in [6.45, 7) is 6.58. The summed E-state index contributed by atoms with van der Waals surface area (Å²) in [5.41, 5.74) is 2.68. The monoisotopic (exact) mass is 274 g/mol. The average Bonchev–Trinajstić information content (AvgIpc) is 2.47. The minimum atomic E-state index is 0.630. The molecular formula is C18H30N2. The first-order chi connectivity index (χ1) is 9.70. The van der Waals surface area contributed by atoms with E-state index in [1.807, 2.05) is 0 Å². The summed E-state index contributed by atoms with van der Waals surface area (Å²) in [7, 11) is 2.22. The molecule has 2 heteroatoms. The van der Waals surface area contributed by atoms with Gasteiger partial charge >= 0.3 is 0 Å². The van der Waals surface area contributed by atoms with Crippen LogP contribution in [0.4, 0.5) is 5.69 Å². The van der Waals surface area contributed by atoms with Gasteiger partial charge in [-0.2, -0.15) is 0 Å². The largest absolute Gasteiger partial charge is 0.373 e. The molecule has 0 aromatic heterocycles. The summed E-state index contributed by atoms with van der Waals surface area (Å²) < 4.78 is 0. The number of rotatable bonds is 6. The van der Waals surface area contributed by atoms with Gasteiger partial charge in [-0.05, 0) is 49.9 Å². The molecule has 1 atom stereocenters. The van der Waals surface area contributed by atoms with Crippen molar-refractivity contribution in [3.05, 3.63) is 29.8 Å². The van der Waals surface area contributed by atoms with E-state index < -0.39 is 0 Å². The van der Waals surface area contributed by atoms with Gasteiger partial charge in [0, 0.05) is 25.3 Å². The molecule has 1 aromatic rings. The fourth-order valence-electron chi connectivity index (χ4n) is 3.44. The Kier molecular flexibility index (Phi) is 5.90. The maximum absolute atomic E-state index is 3.73. The van der Waals surface area contributed by atoms with Crippen LogP contribution in [0.5, 0.6) is 0 Å². The summed E-state index contributed by atoms with van der Waals surface area (Å²) in [5, 5.41) is 3.73. The topological polar surface area (TPSA) is 15.3 Å². The zero-order valence-corrected chi connectivity index (χ0v) is 13.4. The number of benzene rings is 1. The van der Waals surface area contributed by atoms with E-state index >= 15 is 0 Å². The van der Waals surface area contributed by atoms with Crippen LogP contribution < -0.4 is 10.2 Å². The minimum absolute atomic E-state index is 0.630. The molecule has 1 aliphatic rings. The molecule has 1 aromatic carbocycles. The van der Waals surface area contributed by atoms with Crippen LogP contribution in [0.2, 0.25) is 0 Å². The molecule has 0 aliphatic heterocycles. The van der Waals surface area contributed by atoms with Crippen molar-refractivity contribution in [2.24, 2.45) is 5.92 Å². The predicted octanol–water partition coefficient (Wildman–Crippen LogP) is 3.99. The maximum atomic E-state index is 3.73. The van der Waals surface area contributed by atoms with Crippen LogP contribution in [0.15, 0.2) is 24.3 Å². The van der Waals surface area contributed by atoms with Crippen molar-refractivity contribution in [3.63, 3.8) is 0 Å². The van der Waals surface area contributed by atoms with Crippen LogP contribution in [0.25, 0.3) is 0 Å². The maximum Gasteiger partial charge on any atom is 0.0366 e. The van der Waals surface area contributed by atoms with Gasteiger partial charge in [-0.25, -0.2) is 0 Å². The number of hydrogen-bond donors (Lipinski definition) is 1. The van der Waals surface area contributed by atoms with Crippen LogP contribution >= 0.6 is 0 Å². The highest BCUT2D eigenvalue weighted by Crippen LogP contribution is 2.27. The third-order valence-electron chi connectivity index (χ3n) is 4.60. The van der Waals surface area contributed by atoms with Crippen molar-refractivity contribution in [2.75, 3.05) is 25.0 Å². The average molecular weight is 274 g/mol. The molecule has 1 unspecified atom stereocenters. The van der Waals surface area contributed by atoms with E-state index in [-0.39, 0.29) is 0 Å². The molecular weight excluding hydrogens is 244 g/mol. The molecule has 1 aliphatic carbocycles. The van der Waals surface area contributed by atoms with Crippen molar-refractivity contribution in [1.29, 1.82) is 0 Å². The number of nitrogens with zero attached hydrogens (tertiary/aromatic N) is 1. The van der Waals surface area contributed by atoms with Crippen LogP contribution in [0.3, 0.4) is 0 Å². The molecule has 0 saturated heterocycles. The Bertz CT molecular complexity index is 396. The molecule has 1 saturated carbocycles. The van der Waals surface area contributed by atoms with Gasteiger partial charge in [-0.3, -0.25) is 0 Å². The summed E-state index contributed by atoms with van der Waals surface area (Å²) in [6, 6.07) is 9.45. The van der Waals surface area contributed by atoms with Crippen LogP contribution in [-0.4, -0.2) is 26.2 Å². The second kappa shape index (κ2) is 7.68. The second-order valence-corrected chi connectivity index (χ2v) is 6.28. The highest BCUT2D eigenvalue weighted by atomic mass is 15.1. The van der Waals surface area contributed by atoms with Gasteiger partial charge in [0.1, 0.15) is 0 Å². The van der Waals surface area contributed by atoms with E-state index in [1.165, 1.54) is 43.4 Å². The number of likely N-dealkylation sites (N-methyl/N-ethyl adjacent to an activating group) is 2.